The van der Waals surface area contributed by atoms with E-state index in [2.05, 4.69) is 31.2 Å². The predicted molar refractivity (Wildman–Crippen MR) is 76.8 cm³/mol. The first kappa shape index (κ1) is 13.3. The lowest BCUT2D eigenvalue weighted by Gasteiger charge is -2.08. The highest BCUT2D eigenvalue weighted by Gasteiger charge is 2.06. The topological polar surface area (TPSA) is 37.3 Å². The first-order chi connectivity index (χ1) is 9.10. The molecule has 2 nitrogen and oxygen atoms in total. The zero-order valence-electron chi connectivity index (χ0n) is 11.3. The van der Waals surface area contributed by atoms with E-state index in [1.165, 1.54) is 11.1 Å². The van der Waals surface area contributed by atoms with Crippen LogP contribution < -0.4 is 0 Å². The number of carbonyl (C=O) groups excluding carboxylic acids is 1. The third kappa shape index (κ3) is 3.22. The Hall–Kier alpha value is -2.09. The molecule has 0 atom stereocenters. The molecule has 0 spiro atoms. The van der Waals surface area contributed by atoms with Gasteiger partial charge < -0.3 is 5.11 Å². The van der Waals surface area contributed by atoms with Crippen LogP contribution in [0.3, 0.4) is 0 Å². The number of carbonyl (C=O) groups is 1. The van der Waals surface area contributed by atoms with Crippen molar-refractivity contribution in [2.45, 2.75) is 26.7 Å². The van der Waals surface area contributed by atoms with E-state index in [0.717, 1.165) is 30.3 Å². The second-order valence-corrected chi connectivity index (χ2v) is 4.94. The summed E-state index contributed by atoms with van der Waals surface area (Å²) in [5, 5.41) is 9.74. The summed E-state index contributed by atoms with van der Waals surface area (Å²) in [5.74, 6) is 0.254. The van der Waals surface area contributed by atoms with Gasteiger partial charge in [0.25, 0.3) is 0 Å². The van der Waals surface area contributed by atoms with Crippen LogP contribution in [0.4, 0.5) is 0 Å². The number of aryl methyl sites for hydroxylation is 4. The molecule has 0 aromatic heterocycles. The molecule has 19 heavy (non-hydrogen) atoms. The normalized spacial score (nSPS) is 10.4. The van der Waals surface area contributed by atoms with Gasteiger partial charge in [-0.25, -0.2) is 0 Å². The van der Waals surface area contributed by atoms with Gasteiger partial charge in [0.1, 0.15) is 12.0 Å². The molecule has 0 saturated carbocycles. The fraction of sp³-hybridized carbons (Fsp3) is 0.235. The van der Waals surface area contributed by atoms with Crippen molar-refractivity contribution in [2.75, 3.05) is 0 Å². The molecule has 0 aliphatic heterocycles. The van der Waals surface area contributed by atoms with Crippen molar-refractivity contribution in [3.63, 3.8) is 0 Å². The zero-order valence-corrected chi connectivity index (χ0v) is 11.3. The van der Waals surface area contributed by atoms with Gasteiger partial charge in [-0.1, -0.05) is 29.8 Å². The molecular formula is C17H18O2. The summed E-state index contributed by atoms with van der Waals surface area (Å²) in [6, 6.07) is 11.8. The Morgan fingerprint density at radius 1 is 1.05 bits per heavy atom. The molecule has 1 N–H and O–H groups in total. The number of hydrogen-bond donors (Lipinski definition) is 1. The Labute approximate surface area is 113 Å². The van der Waals surface area contributed by atoms with Crippen LogP contribution in [0.2, 0.25) is 0 Å². The summed E-state index contributed by atoms with van der Waals surface area (Å²) in [6.45, 7) is 3.86. The van der Waals surface area contributed by atoms with Gasteiger partial charge in [0, 0.05) is 5.56 Å². The minimum atomic E-state index is 0.254. The molecule has 2 aromatic carbocycles. The Kier molecular flexibility index (Phi) is 4.00. The highest BCUT2D eigenvalue weighted by atomic mass is 16.3. The van der Waals surface area contributed by atoms with E-state index in [0.29, 0.717) is 5.56 Å². The van der Waals surface area contributed by atoms with E-state index in [1.54, 1.807) is 19.1 Å². The van der Waals surface area contributed by atoms with Gasteiger partial charge in [-0.05, 0) is 55.5 Å². The van der Waals surface area contributed by atoms with E-state index in [9.17, 15) is 9.90 Å². The lowest BCUT2D eigenvalue weighted by molar-refractivity contribution is 0.112. The van der Waals surface area contributed by atoms with Gasteiger partial charge in [-0.3, -0.25) is 4.79 Å². The highest BCUT2D eigenvalue weighted by Crippen LogP contribution is 2.22. The van der Waals surface area contributed by atoms with Crippen molar-refractivity contribution >= 4 is 6.29 Å². The van der Waals surface area contributed by atoms with Gasteiger partial charge in [-0.15, -0.1) is 0 Å². The molecule has 0 heterocycles. The van der Waals surface area contributed by atoms with E-state index in [4.69, 9.17) is 0 Å². The number of aromatic hydroxyl groups is 1. The second kappa shape index (κ2) is 5.70. The Balaban J connectivity index is 2.17. The van der Waals surface area contributed by atoms with Crippen LogP contribution in [-0.4, -0.2) is 11.4 Å². The smallest absolute Gasteiger partial charge is 0.150 e. The Bertz CT molecular complexity index is 583. The number of hydrogen-bond acceptors (Lipinski definition) is 2. The van der Waals surface area contributed by atoms with Crippen molar-refractivity contribution < 1.29 is 9.90 Å². The maximum absolute atomic E-state index is 11.1. The molecule has 2 aromatic rings. The monoisotopic (exact) mass is 254 g/mol. The average molecular weight is 254 g/mol. The minimum absolute atomic E-state index is 0.254. The molecular weight excluding hydrogens is 236 g/mol. The molecule has 0 bridgehead atoms. The first-order valence-electron chi connectivity index (χ1n) is 6.43. The van der Waals surface area contributed by atoms with Gasteiger partial charge >= 0.3 is 0 Å². The van der Waals surface area contributed by atoms with Crippen LogP contribution in [0.5, 0.6) is 5.75 Å². The van der Waals surface area contributed by atoms with Gasteiger partial charge in [0.2, 0.25) is 0 Å². The average Bonchev–Trinajstić information content (AvgIpc) is 2.41. The van der Waals surface area contributed by atoms with E-state index in [1.807, 2.05) is 0 Å². The number of aldehydes is 1. The van der Waals surface area contributed by atoms with Crippen LogP contribution in [0.1, 0.15) is 32.6 Å². The van der Waals surface area contributed by atoms with Crippen molar-refractivity contribution in [1.29, 1.82) is 0 Å². The zero-order chi connectivity index (χ0) is 13.8. The molecule has 2 rings (SSSR count). The predicted octanol–water partition coefficient (Wildman–Crippen LogP) is 3.61. The SMILES string of the molecule is Cc1ccc(CCc2cc(O)c(C)cc2C=O)cc1. The van der Waals surface area contributed by atoms with E-state index < -0.39 is 0 Å². The van der Waals surface area contributed by atoms with Crippen molar-refractivity contribution in [1.82, 2.24) is 0 Å². The van der Waals surface area contributed by atoms with Crippen LogP contribution in [0, 0.1) is 13.8 Å². The molecule has 0 radical (unpaired) electrons. The second-order valence-electron chi connectivity index (χ2n) is 4.94. The molecule has 0 fully saturated rings. The highest BCUT2D eigenvalue weighted by molar-refractivity contribution is 5.78. The molecule has 0 amide bonds. The van der Waals surface area contributed by atoms with Gasteiger partial charge in [-0.2, -0.15) is 0 Å². The van der Waals surface area contributed by atoms with Crippen LogP contribution in [0.25, 0.3) is 0 Å². The maximum atomic E-state index is 11.1. The van der Waals surface area contributed by atoms with E-state index in [-0.39, 0.29) is 5.75 Å². The van der Waals surface area contributed by atoms with Crippen molar-refractivity contribution in [2.24, 2.45) is 0 Å². The lowest BCUT2D eigenvalue weighted by Crippen LogP contribution is -1.97. The first-order valence-corrected chi connectivity index (χ1v) is 6.43. The number of benzene rings is 2. The molecule has 0 aliphatic carbocycles. The summed E-state index contributed by atoms with van der Waals surface area (Å²) in [7, 11) is 0. The largest absolute Gasteiger partial charge is 0.508 e. The van der Waals surface area contributed by atoms with Crippen LogP contribution in [0.15, 0.2) is 36.4 Å². The fourth-order valence-electron chi connectivity index (χ4n) is 2.12. The van der Waals surface area contributed by atoms with Gasteiger partial charge in [0.15, 0.2) is 0 Å². The summed E-state index contributed by atoms with van der Waals surface area (Å²) >= 11 is 0. The lowest BCUT2D eigenvalue weighted by atomic mass is 9.98. The van der Waals surface area contributed by atoms with Crippen molar-refractivity contribution in [3.8, 4) is 5.75 Å². The van der Waals surface area contributed by atoms with Crippen molar-refractivity contribution in [3.05, 3.63) is 64.2 Å². The third-order valence-corrected chi connectivity index (χ3v) is 3.39. The number of phenolic OH excluding ortho intramolecular Hbond substituents is 1. The standard InChI is InChI=1S/C17H18O2/c1-12-3-5-14(6-4-12)7-8-15-10-17(19)13(2)9-16(15)11-18/h3-6,9-11,19H,7-8H2,1-2H3. The molecule has 0 saturated heterocycles. The molecule has 0 unspecified atom stereocenters. The molecule has 0 aliphatic rings. The number of phenols is 1. The molecule has 2 heteroatoms. The Morgan fingerprint density at radius 3 is 2.37 bits per heavy atom. The third-order valence-electron chi connectivity index (χ3n) is 3.39. The minimum Gasteiger partial charge on any atom is -0.508 e. The summed E-state index contributed by atoms with van der Waals surface area (Å²) in [6.07, 6.45) is 2.48. The van der Waals surface area contributed by atoms with Crippen LogP contribution >= 0.6 is 0 Å². The number of rotatable bonds is 4. The quantitative estimate of drug-likeness (QED) is 0.846. The van der Waals surface area contributed by atoms with Crippen LogP contribution in [-0.2, 0) is 12.8 Å². The summed E-state index contributed by atoms with van der Waals surface area (Å²) < 4.78 is 0. The fourth-order valence-corrected chi connectivity index (χ4v) is 2.12. The maximum Gasteiger partial charge on any atom is 0.150 e. The van der Waals surface area contributed by atoms with Gasteiger partial charge in [0.05, 0.1) is 0 Å². The van der Waals surface area contributed by atoms with E-state index >= 15 is 0 Å². The Morgan fingerprint density at radius 2 is 1.74 bits per heavy atom. The summed E-state index contributed by atoms with van der Waals surface area (Å²) in [4.78, 5) is 11.1. The molecule has 98 valence electrons. The summed E-state index contributed by atoms with van der Waals surface area (Å²) in [5.41, 5.74) is 4.79.